The molecule has 0 spiro atoms. The van der Waals surface area contributed by atoms with E-state index in [1.807, 2.05) is 20.9 Å². The molecule has 2 N–H and O–H groups in total. The number of unbranched alkanes of at least 4 members (excludes halogenated alkanes) is 8. The Balaban J connectivity index is 3.53. The maximum absolute atomic E-state index is 12.0. The fourth-order valence-corrected chi connectivity index (χ4v) is 2.23. The van der Waals surface area contributed by atoms with Crippen molar-refractivity contribution < 1.29 is 4.79 Å². The molecule has 1 amide bonds. The fraction of sp³-hybridized carbons (Fsp3) is 0.941. The van der Waals surface area contributed by atoms with Crippen LogP contribution < -0.4 is 5.73 Å². The van der Waals surface area contributed by atoms with Gasteiger partial charge in [-0.1, -0.05) is 58.3 Å². The number of likely N-dealkylation sites (N-methyl/N-ethyl adjacent to an activating group) is 1. The molecule has 0 aromatic carbocycles. The quantitative estimate of drug-likeness (QED) is 0.548. The molecule has 20 heavy (non-hydrogen) atoms. The van der Waals surface area contributed by atoms with Crippen molar-refractivity contribution in [1.29, 1.82) is 0 Å². The molecule has 0 bridgehead atoms. The Hall–Kier alpha value is -0.570. The van der Waals surface area contributed by atoms with Crippen molar-refractivity contribution in [1.82, 2.24) is 4.90 Å². The number of hydrogen-bond donors (Lipinski definition) is 1. The monoisotopic (exact) mass is 284 g/mol. The van der Waals surface area contributed by atoms with Gasteiger partial charge in [-0.05, 0) is 20.3 Å². The lowest BCUT2D eigenvalue weighted by molar-refractivity contribution is -0.134. The summed E-state index contributed by atoms with van der Waals surface area (Å²) in [6.45, 7) is 6.79. The minimum absolute atomic E-state index is 0.225. The van der Waals surface area contributed by atoms with Gasteiger partial charge >= 0.3 is 0 Å². The number of nitrogens with zero attached hydrogens (tertiary/aromatic N) is 1. The molecule has 0 radical (unpaired) electrons. The van der Waals surface area contributed by atoms with Gasteiger partial charge in [-0.2, -0.15) is 0 Å². The predicted molar refractivity (Wildman–Crippen MR) is 87.7 cm³/mol. The molecule has 0 atom stereocenters. The van der Waals surface area contributed by atoms with Crippen LogP contribution in [-0.4, -0.2) is 29.9 Å². The van der Waals surface area contributed by atoms with Crippen LogP contribution in [-0.2, 0) is 4.79 Å². The smallest absolute Gasteiger partial charge is 0.222 e. The second kappa shape index (κ2) is 11.1. The van der Waals surface area contributed by atoms with Gasteiger partial charge in [-0.3, -0.25) is 4.79 Å². The van der Waals surface area contributed by atoms with E-state index < -0.39 is 0 Å². The van der Waals surface area contributed by atoms with Gasteiger partial charge < -0.3 is 10.6 Å². The van der Waals surface area contributed by atoms with E-state index in [9.17, 15) is 4.79 Å². The lowest BCUT2D eigenvalue weighted by atomic mass is 10.0. The number of amides is 1. The molecule has 0 aromatic rings. The maximum atomic E-state index is 12.0. The van der Waals surface area contributed by atoms with E-state index in [0.717, 1.165) is 6.42 Å². The molecule has 0 aliphatic rings. The molecule has 0 fully saturated rings. The highest BCUT2D eigenvalue weighted by Crippen LogP contribution is 2.14. The summed E-state index contributed by atoms with van der Waals surface area (Å²) in [5.41, 5.74) is 5.47. The van der Waals surface area contributed by atoms with Crippen LogP contribution in [0.5, 0.6) is 0 Å². The summed E-state index contributed by atoms with van der Waals surface area (Å²) >= 11 is 0. The molecule has 0 heterocycles. The minimum Gasteiger partial charge on any atom is -0.339 e. The molecule has 0 unspecified atom stereocenters. The summed E-state index contributed by atoms with van der Waals surface area (Å²) in [5, 5.41) is 0. The van der Waals surface area contributed by atoms with Gasteiger partial charge in [0.1, 0.15) is 0 Å². The summed E-state index contributed by atoms with van der Waals surface area (Å²) in [5.74, 6) is 0.225. The topological polar surface area (TPSA) is 46.3 Å². The Morgan fingerprint density at radius 2 is 1.40 bits per heavy atom. The van der Waals surface area contributed by atoms with E-state index in [0.29, 0.717) is 13.0 Å². The van der Waals surface area contributed by atoms with Crippen LogP contribution in [0.15, 0.2) is 0 Å². The van der Waals surface area contributed by atoms with Crippen molar-refractivity contribution in [3.8, 4) is 0 Å². The minimum atomic E-state index is -0.226. The van der Waals surface area contributed by atoms with E-state index in [-0.39, 0.29) is 11.4 Å². The van der Waals surface area contributed by atoms with Gasteiger partial charge in [-0.15, -0.1) is 0 Å². The number of carbonyl (C=O) groups is 1. The third kappa shape index (κ3) is 8.57. The Kier molecular flexibility index (Phi) is 10.8. The number of carbonyl (C=O) groups excluding carboxylic acids is 1. The summed E-state index contributed by atoms with van der Waals surface area (Å²) in [4.78, 5) is 13.8. The number of nitrogens with two attached hydrogens (primary N) is 1. The van der Waals surface area contributed by atoms with Crippen LogP contribution in [0.4, 0.5) is 0 Å². The third-order valence-electron chi connectivity index (χ3n) is 4.28. The standard InChI is InChI=1S/C17H36N2O/c1-5-6-7-8-9-10-11-12-13-14-16(20)19(4)17(2,3)15-18/h5-15,18H2,1-4H3. The second-order valence-electron chi connectivity index (χ2n) is 6.55. The molecular formula is C17H36N2O. The Labute approximate surface area is 126 Å². The summed E-state index contributed by atoms with van der Waals surface area (Å²) < 4.78 is 0. The van der Waals surface area contributed by atoms with Crippen molar-refractivity contribution in [2.45, 2.75) is 90.5 Å². The van der Waals surface area contributed by atoms with E-state index >= 15 is 0 Å². The zero-order valence-electron chi connectivity index (χ0n) is 14.2. The summed E-state index contributed by atoms with van der Waals surface area (Å²) in [7, 11) is 1.86. The summed E-state index contributed by atoms with van der Waals surface area (Å²) in [6, 6.07) is 0. The van der Waals surface area contributed by atoms with Gasteiger partial charge in [0.05, 0.1) is 0 Å². The molecule has 0 aliphatic carbocycles. The van der Waals surface area contributed by atoms with Gasteiger partial charge in [0, 0.05) is 25.6 Å². The number of rotatable bonds is 12. The fourth-order valence-electron chi connectivity index (χ4n) is 2.23. The highest BCUT2D eigenvalue weighted by molar-refractivity contribution is 5.76. The van der Waals surface area contributed by atoms with Crippen molar-refractivity contribution >= 4 is 5.91 Å². The molecule has 3 heteroatoms. The molecule has 0 rings (SSSR count). The van der Waals surface area contributed by atoms with Crippen LogP contribution >= 0.6 is 0 Å². The molecule has 0 saturated heterocycles. The molecule has 0 aromatic heterocycles. The SMILES string of the molecule is CCCCCCCCCCCC(=O)N(C)C(C)(C)CN. The Morgan fingerprint density at radius 1 is 0.950 bits per heavy atom. The zero-order valence-corrected chi connectivity index (χ0v) is 14.2. The highest BCUT2D eigenvalue weighted by atomic mass is 16.2. The highest BCUT2D eigenvalue weighted by Gasteiger charge is 2.25. The van der Waals surface area contributed by atoms with E-state index in [1.54, 1.807) is 4.90 Å². The maximum Gasteiger partial charge on any atom is 0.222 e. The molecular weight excluding hydrogens is 248 g/mol. The van der Waals surface area contributed by atoms with Crippen LogP contribution in [0, 0.1) is 0 Å². The normalized spacial score (nSPS) is 11.7. The zero-order chi connectivity index (χ0) is 15.4. The lowest BCUT2D eigenvalue weighted by Crippen LogP contribution is -2.49. The third-order valence-corrected chi connectivity index (χ3v) is 4.28. The van der Waals surface area contributed by atoms with Crippen molar-refractivity contribution in [2.24, 2.45) is 5.73 Å². The van der Waals surface area contributed by atoms with E-state index in [1.165, 1.54) is 51.4 Å². The van der Waals surface area contributed by atoms with Crippen molar-refractivity contribution in [3.63, 3.8) is 0 Å². The first-order valence-corrected chi connectivity index (χ1v) is 8.42. The molecule has 120 valence electrons. The first-order valence-electron chi connectivity index (χ1n) is 8.42. The average molecular weight is 284 g/mol. The average Bonchev–Trinajstić information content (AvgIpc) is 2.44. The van der Waals surface area contributed by atoms with Gasteiger partial charge in [-0.25, -0.2) is 0 Å². The predicted octanol–water partition coefficient (Wildman–Crippen LogP) is 4.10. The molecule has 3 nitrogen and oxygen atoms in total. The summed E-state index contributed by atoms with van der Waals surface area (Å²) in [6.07, 6.45) is 12.2. The van der Waals surface area contributed by atoms with Crippen LogP contribution in [0.3, 0.4) is 0 Å². The van der Waals surface area contributed by atoms with Gasteiger partial charge in [0.2, 0.25) is 5.91 Å². The van der Waals surface area contributed by atoms with Gasteiger partial charge in [0.25, 0.3) is 0 Å². The Bertz CT molecular complexity index is 251. The first-order chi connectivity index (χ1) is 9.45. The van der Waals surface area contributed by atoms with Crippen molar-refractivity contribution in [3.05, 3.63) is 0 Å². The number of hydrogen-bond acceptors (Lipinski definition) is 2. The van der Waals surface area contributed by atoms with Crippen LogP contribution in [0.2, 0.25) is 0 Å². The molecule has 0 saturated carbocycles. The van der Waals surface area contributed by atoms with Crippen LogP contribution in [0.1, 0.15) is 85.0 Å². The van der Waals surface area contributed by atoms with E-state index in [4.69, 9.17) is 5.73 Å². The second-order valence-corrected chi connectivity index (χ2v) is 6.55. The first kappa shape index (κ1) is 19.4. The van der Waals surface area contributed by atoms with E-state index in [2.05, 4.69) is 6.92 Å². The molecule has 0 aliphatic heterocycles. The largest absolute Gasteiger partial charge is 0.339 e. The lowest BCUT2D eigenvalue weighted by Gasteiger charge is -2.34. The van der Waals surface area contributed by atoms with Crippen molar-refractivity contribution in [2.75, 3.05) is 13.6 Å². The Morgan fingerprint density at radius 3 is 1.85 bits per heavy atom. The van der Waals surface area contributed by atoms with Crippen LogP contribution in [0.25, 0.3) is 0 Å². The van der Waals surface area contributed by atoms with Gasteiger partial charge in [0.15, 0.2) is 0 Å².